The quantitative estimate of drug-likeness (QED) is 0.328. The highest BCUT2D eigenvalue weighted by molar-refractivity contribution is 5.71. The van der Waals surface area contributed by atoms with Gasteiger partial charge in [0.15, 0.2) is 5.82 Å². The molecular weight excluding hydrogens is 483 g/mol. The van der Waals surface area contributed by atoms with E-state index in [9.17, 15) is 22.0 Å². The zero-order chi connectivity index (χ0) is 25.6. The van der Waals surface area contributed by atoms with Gasteiger partial charge in [0.05, 0.1) is 11.4 Å². The van der Waals surface area contributed by atoms with Crippen LogP contribution < -0.4 is 5.32 Å². The Hall–Kier alpha value is -3.90. The van der Waals surface area contributed by atoms with Gasteiger partial charge in [-0.25, -0.2) is 28.1 Å². The molecule has 4 heterocycles. The molecule has 0 bridgehead atoms. The smallest absolute Gasteiger partial charge is 0.325 e. The molecule has 0 atom stereocenters. The largest absolute Gasteiger partial charge is 0.433 e. The third-order valence-electron chi connectivity index (χ3n) is 5.84. The maximum atomic E-state index is 13.5. The van der Waals surface area contributed by atoms with Crippen molar-refractivity contribution in [2.24, 2.45) is 5.92 Å². The Morgan fingerprint density at radius 2 is 1.83 bits per heavy atom. The number of hydrogen-bond acceptors (Lipinski definition) is 6. The molecule has 188 valence electrons. The molecule has 5 rings (SSSR count). The summed E-state index contributed by atoms with van der Waals surface area (Å²) in [6, 6.07) is 5.04. The molecule has 4 aromatic heterocycles. The lowest BCUT2D eigenvalue weighted by Gasteiger charge is -2.11. The van der Waals surface area contributed by atoms with Gasteiger partial charge in [-0.1, -0.05) is 0 Å². The Balaban J connectivity index is 1.50. The molecule has 0 unspecified atom stereocenters. The van der Waals surface area contributed by atoms with Crippen LogP contribution in [-0.4, -0.2) is 34.5 Å². The van der Waals surface area contributed by atoms with Crippen LogP contribution in [0.3, 0.4) is 0 Å². The molecule has 0 saturated heterocycles. The van der Waals surface area contributed by atoms with Gasteiger partial charge in [-0.15, -0.1) is 0 Å². The SMILES string of the molecule is Cc1cc(C(F)F)n(-c2cc(Nc3c(C)c(-c4ccc(C(F)(F)F)nc4)nn3CC3CC3)ncn2)n1. The normalized spacial score (nSPS) is 14.0. The number of halogens is 5. The predicted molar refractivity (Wildman–Crippen MR) is 120 cm³/mol. The summed E-state index contributed by atoms with van der Waals surface area (Å²) in [5, 5.41) is 11.9. The van der Waals surface area contributed by atoms with Gasteiger partial charge in [0, 0.05) is 29.9 Å². The Morgan fingerprint density at radius 3 is 2.47 bits per heavy atom. The average molecular weight is 504 g/mol. The second kappa shape index (κ2) is 8.95. The van der Waals surface area contributed by atoms with E-state index in [4.69, 9.17) is 0 Å². The fraction of sp³-hybridized carbons (Fsp3) is 0.348. The van der Waals surface area contributed by atoms with Crippen LogP contribution in [0.2, 0.25) is 0 Å². The Kier molecular flexibility index (Phi) is 5.92. The second-order valence-corrected chi connectivity index (χ2v) is 8.69. The number of aryl methyl sites for hydroxylation is 1. The standard InChI is InChI=1S/C23H21F5N8/c1-12-7-16(21(24)25)36(33-12)19-8-18(30-11-31-19)32-22-13(2)20(34-35(22)10-14-3-4-14)15-5-6-17(29-9-15)23(26,27)28/h5-9,11,14,21H,3-4,10H2,1-2H3,(H,30,31,32). The molecular formula is C23H21F5N8. The Labute approximate surface area is 202 Å². The minimum Gasteiger partial charge on any atom is -0.325 e. The number of nitrogens with zero attached hydrogens (tertiary/aromatic N) is 7. The second-order valence-electron chi connectivity index (χ2n) is 8.69. The summed E-state index contributed by atoms with van der Waals surface area (Å²) >= 11 is 0. The number of nitrogens with one attached hydrogen (secondary N) is 1. The van der Waals surface area contributed by atoms with E-state index in [-0.39, 0.29) is 11.5 Å². The van der Waals surface area contributed by atoms with Gasteiger partial charge in [0.1, 0.15) is 29.4 Å². The van der Waals surface area contributed by atoms with Crippen LogP contribution in [-0.2, 0) is 12.7 Å². The highest BCUT2D eigenvalue weighted by Crippen LogP contribution is 2.36. The van der Waals surface area contributed by atoms with Crippen LogP contribution in [0.1, 0.15) is 41.9 Å². The third kappa shape index (κ3) is 4.77. The fourth-order valence-electron chi connectivity index (χ4n) is 3.87. The highest BCUT2D eigenvalue weighted by atomic mass is 19.4. The van der Waals surface area contributed by atoms with E-state index in [1.807, 2.05) is 0 Å². The molecule has 1 saturated carbocycles. The van der Waals surface area contributed by atoms with Crippen molar-refractivity contribution in [3.63, 3.8) is 0 Å². The fourth-order valence-corrected chi connectivity index (χ4v) is 3.87. The lowest BCUT2D eigenvalue weighted by Crippen LogP contribution is -2.09. The predicted octanol–water partition coefficient (Wildman–Crippen LogP) is 5.65. The van der Waals surface area contributed by atoms with Gasteiger partial charge in [-0.3, -0.25) is 4.98 Å². The van der Waals surface area contributed by atoms with E-state index in [0.29, 0.717) is 46.6 Å². The van der Waals surface area contributed by atoms with Crippen LogP contribution in [0, 0.1) is 19.8 Å². The number of hydrogen-bond donors (Lipinski definition) is 1. The van der Waals surface area contributed by atoms with Crippen molar-refractivity contribution in [3.8, 4) is 17.1 Å². The van der Waals surface area contributed by atoms with Crippen molar-refractivity contribution in [1.29, 1.82) is 0 Å². The molecule has 1 aliphatic rings. The van der Waals surface area contributed by atoms with Gasteiger partial charge in [0.25, 0.3) is 6.43 Å². The van der Waals surface area contributed by atoms with Crippen LogP contribution in [0.5, 0.6) is 0 Å². The number of aromatic nitrogens is 7. The van der Waals surface area contributed by atoms with E-state index in [0.717, 1.165) is 29.8 Å². The van der Waals surface area contributed by atoms with Crippen molar-refractivity contribution in [1.82, 2.24) is 34.5 Å². The van der Waals surface area contributed by atoms with Gasteiger partial charge < -0.3 is 5.32 Å². The maximum absolute atomic E-state index is 13.5. The molecule has 8 nitrogen and oxygen atoms in total. The van der Waals surface area contributed by atoms with Crippen LogP contribution >= 0.6 is 0 Å². The summed E-state index contributed by atoms with van der Waals surface area (Å²) in [5.74, 6) is 1.52. The zero-order valence-corrected chi connectivity index (χ0v) is 19.3. The molecule has 36 heavy (non-hydrogen) atoms. The van der Waals surface area contributed by atoms with E-state index in [1.165, 1.54) is 24.5 Å². The van der Waals surface area contributed by atoms with E-state index in [1.54, 1.807) is 18.5 Å². The van der Waals surface area contributed by atoms with Crippen molar-refractivity contribution in [2.75, 3.05) is 5.32 Å². The maximum Gasteiger partial charge on any atom is 0.433 e. The Morgan fingerprint density at radius 1 is 1.06 bits per heavy atom. The van der Waals surface area contributed by atoms with Gasteiger partial charge >= 0.3 is 6.18 Å². The minimum absolute atomic E-state index is 0.161. The molecule has 0 spiro atoms. The molecule has 0 aliphatic heterocycles. The highest BCUT2D eigenvalue weighted by Gasteiger charge is 2.32. The first kappa shape index (κ1) is 23.8. The number of rotatable bonds is 7. The molecule has 13 heteroatoms. The Bertz CT molecular complexity index is 1390. The van der Waals surface area contributed by atoms with Crippen LogP contribution in [0.15, 0.2) is 36.8 Å². The van der Waals surface area contributed by atoms with Gasteiger partial charge in [-0.2, -0.15) is 23.4 Å². The van der Waals surface area contributed by atoms with Crippen molar-refractivity contribution < 1.29 is 22.0 Å². The van der Waals surface area contributed by atoms with Crippen LogP contribution in [0.4, 0.5) is 33.6 Å². The topological polar surface area (TPSA) is 86.3 Å². The summed E-state index contributed by atoms with van der Waals surface area (Å²) < 4.78 is 68.6. The monoisotopic (exact) mass is 504 g/mol. The first-order valence-corrected chi connectivity index (χ1v) is 11.2. The molecule has 0 amide bonds. The molecule has 4 aromatic rings. The lowest BCUT2D eigenvalue weighted by molar-refractivity contribution is -0.141. The molecule has 1 aliphatic carbocycles. The summed E-state index contributed by atoms with van der Waals surface area (Å²) in [4.78, 5) is 11.8. The first-order valence-electron chi connectivity index (χ1n) is 11.2. The summed E-state index contributed by atoms with van der Waals surface area (Å²) in [7, 11) is 0. The van der Waals surface area contributed by atoms with E-state index in [2.05, 4.69) is 30.5 Å². The molecule has 1 N–H and O–H groups in total. The van der Waals surface area contributed by atoms with Gasteiger partial charge in [0.2, 0.25) is 0 Å². The van der Waals surface area contributed by atoms with Crippen molar-refractivity contribution in [3.05, 3.63) is 59.4 Å². The lowest BCUT2D eigenvalue weighted by atomic mass is 10.1. The number of alkyl halides is 5. The summed E-state index contributed by atoms with van der Waals surface area (Å²) in [6.45, 7) is 4.02. The van der Waals surface area contributed by atoms with Crippen molar-refractivity contribution >= 4 is 11.6 Å². The average Bonchev–Trinajstić information content (AvgIpc) is 3.49. The van der Waals surface area contributed by atoms with Gasteiger partial charge in [-0.05, 0) is 50.8 Å². The van der Waals surface area contributed by atoms with Crippen LogP contribution in [0.25, 0.3) is 17.1 Å². The number of pyridine rings is 1. The molecule has 0 radical (unpaired) electrons. The zero-order valence-electron chi connectivity index (χ0n) is 19.3. The number of anilines is 2. The molecule has 1 fully saturated rings. The van der Waals surface area contributed by atoms with E-state index >= 15 is 0 Å². The molecule has 0 aromatic carbocycles. The summed E-state index contributed by atoms with van der Waals surface area (Å²) in [6.07, 6.45) is -2.77. The third-order valence-corrected chi connectivity index (χ3v) is 5.84. The summed E-state index contributed by atoms with van der Waals surface area (Å²) in [5.41, 5.74) is 0.757. The van der Waals surface area contributed by atoms with E-state index < -0.39 is 18.3 Å². The first-order chi connectivity index (χ1) is 17.1. The minimum atomic E-state index is -4.53. The van der Waals surface area contributed by atoms with Crippen molar-refractivity contribution in [2.45, 2.75) is 45.8 Å².